The van der Waals surface area contributed by atoms with Crippen molar-refractivity contribution in [1.82, 2.24) is 9.97 Å². The minimum atomic E-state index is -0.181. The quantitative estimate of drug-likeness (QED) is 0.742. The lowest BCUT2D eigenvalue weighted by Gasteiger charge is -2.09. The molecule has 0 atom stereocenters. The van der Waals surface area contributed by atoms with Crippen LogP contribution in [-0.2, 0) is 6.54 Å². The first-order valence-corrected chi connectivity index (χ1v) is 8.08. The molecule has 5 heteroatoms. The largest absolute Gasteiger partial charge is 0.378 e. The minimum absolute atomic E-state index is 0.181. The molecule has 2 aromatic heterocycles. The number of carbonyl (C=O) groups excluding carboxylic acids is 1. The second-order valence-electron chi connectivity index (χ2n) is 5.97. The Hall–Kier alpha value is -3.21. The summed E-state index contributed by atoms with van der Waals surface area (Å²) in [7, 11) is 0. The molecule has 0 aliphatic carbocycles. The van der Waals surface area contributed by atoms with Crippen LogP contribution in [0.5, 0.6) is 0 Å². The standard InChI is InChI=1S/C20H20N4O/c1-14-7-15(2)9-18(8-14)24-20(25)16-10-19(12-21-11-16)23-13-17-5-3-4-6-22-17/h3-12,23H,13H2,1-2H3,(H,24,25). The zero-order chi connectivity index (χ0) is 17.6. The van der Waals surface area contributed by atoms with E-state index in [1.165, 1.54) is 0 Å². The molecule has 0 saturated heterocycles. The Morgan fingerprint density at radius 1 is 1.00 bits per heavy atom. The number of nitrogens with zero attached hydrogens (tertiary/aromatic N) is 2. The van der Waals surface area contributed by atoms with Gasteiger partial charge in [-0.3, -0.25) is 14.8 Å². The molecule has 1 amide bonds. The van der Waals surface area contributed by atoms with Gasteiger partial charge in [-0.15, -0.1) is 0 Å². The number of carbonyl (C=O) groups is 1. The summed E-state index contributed by atoms with van der Waals surface area (Å²) < 4.78 is 0. The van der Waals surface area contributed by atoms with Crippen LogP contribution >= 0.6 is 0 Å². The smallest absolute Gasteiger partial charge is 0.257 e. The first-order valence-electron chi connectivity index (χ1n) is 8.08. The molecule has 0 fully saturated rings. The monoisotopic (exact) mass is 332 g/mol. The van der Waals surface area contributed by atoms with Gasteiger partial charge < -0.3 is 10.6 Å². The van der Waals surface area contributed by atoms with E-state index in [0.29, 0.717) is 12.1 Å². The molecule has 1 aromatic carbocycles. The van der Waals surface area contributed by atoms with E-state index >= 15 is 0 Å². The van der Waals surface area contributed by atoms with Crippen molar-refractivity contribution in [3.63, 3.8) is 0 Å². The van der Waals surface area contributed by atoms with Gasteiger partial charge in [-0.05, 0) is 55.3 Å². The van der Waals surface area contributed by atoms with Gasteiger partial charge in [-0.2, -0.15) is 0 Å². The number of pyridine rings is 2. The highest BCUT2D eigenvalue weighted by atomic mass is 16.1. The molecule has 2 N–H and O–H groups in total. The number of nitrogens with one attached hydrogen (secondary N) is 2. The lowest BCUT2D eigenvalue weighted by atomic mass is 10.1. The molecule has 0 aliphatic heterocycles. The van der Waals surface area contributed by atoms with Crippen molar-refractivity contribution in [1.29, 1.82) is 0 Å². The molecule has 5 nitrogen and oxygen atoms in total. The van der Waals surface area contributed by atoms with Gasteiger partial charge >= 0.3 is 0 Å². The van der Waals surface area contributed by atoms with Gasteiger partial charge in [0.25, 0.3) is 5.91 Å². The lowest BCUT2D eigenvalue weighted by Crippen LogP contribution is -2.13. The summed E-state index contributed by atoms with van der Waals surface area (Å²) in [5.41, 5.74) is 5.21. The van der Waals surface area contributed by atoms with Gasteiger partial charge in [-0.1, -0.05) is 12.1 Å². The second kappa shape index (κ2) is 7.57. The molecule has 25 heavy (non-hydrogen) atoms. The molecule has 3 rings (SSSR count). The zero-order valence-corrected chi connectivity index (χ0v) is 14.3. The number of hydrogen-bond acceptors (Lipinski definition) is 4. The molecule has 0 spiro atoms. The van der Waals surface area contributed by atoms with E-state index in [2.05, 4.69) is 26.7 Å². The second-order valence-corrected chi connectivity index (χ2v) is 5.97. The first-order chi connectivity index (χ1) is 12.1. The summed E-state index contributed by atoms with van der Waals surface area (Å²) in [6.45, 7) is 4.59. The van der Waals surface area contributed by atoms with Crippen molar-refractivity contribution in [3.05, 3.63) is 83.4 Å². The van der Waals surface area contributed by atoms with Crippen LogP contribution in [0.4, 0.5) is 11.4 Å². The normalized spacial score (nSPS) is 10.3. The Balaban J connectivity index is 1.68. The van der Waals surface area contributed by atoms with E-state index in [1.807, 2.05) is 44.2 Å². The fourth-order valence-corrected chi connectivity index (χ4v) is 2.61. The molecule has 126 valence electrons. The molecule has 0 unspecified atom stereocenters. The number of hydrogen-bond donors (Lipinski definition) is 2. The number of aryl methyl sites for hydroxylation is 2. The maximum atomic E-state index is 12.5. The molecule has 0 radical (unpaired) electrons. The minimum Gasteiger partial charge on any atom is -0.378 e. The van der Waals surface area contributed by atoms with Crippen molar-refractivity contribution < 1.29 is 4.79 Å². The number of benzene rings is 1. The van der Waals surface area contributed by atoms with Crippen LogP contribution in [0.25, 0.3) is 0 Å². The number of anilines is 2. The van der Waals surface area contributed by atoms with E-state index in [4.69, 9.17) is 0 Å². The van der Waals surface area contributed by atoms with E-state index in [9.17, 15) is 4.79 Å². The molecule has 0 bridgehead atoms. The third kappa shape index (κ3) is 4.64. The third-order valence-electron chi connectivity index (χ3n) is 3.68. The first kappa shape index (κ1) is 16.6. The fourth-order valence-electron chi connectivity index (χ4n) is 2.61. The van der Waals surface area contributed by atoms with Crippen LogP contribution in [0.3, 0.4) is 0 Å². The molecular formula is C20H20N4O. The highest BCUT2D eigenvalue weighted by Gasteiger charge is 2.08. The van der Waals surface area contributed by atoms with Crippen molar-refractivity contribution in [2.45, 2.75) is 20.4 Å². The van der Waals surface area contributed by atoms with Gasteiger partial charge in [0.1, 0.15) is 0 Å². The van der Waals surface area contributed by atoms with Crippen LogP contribution in [-0.4, -0.2) is 15.9 Å². The predicted molar refractivity (Wildman–Crippen MR) is 99.7 cm³/mol. The number of aromatic nitrogens is 2. The van der Waals surface area contributed by atoms with E-state index < -0.39 is 0 Å². The Morgan fingerprint density at radius 3 is 2.52 bits per heavy atom. The highest BCUT2D eigenvalue weighted by molar-refractivity contribution is 6.04. The number of rotatable bonds is 5. The summed E-state index contributed by atoms with van der Waals surface area (Å²) in [6, 6.07) is 13.5. The van der Waals surface area contributed by atoms with E-state index in [-0.39, 0.29) is 5.91 Å². The van der Waals surface area contributed by atoms with Crippen LogP contribution in [0.15, 0.2) is 61.1 Å². The maximum Gasteiger partial charge on any atom is 0.257 e. The number of amides is 1. The molecule has 2 heterocycles. The molecule has 3 aromatic rings. The Kier molecular flexibility index (Phi) is 5.04. The van der Waals surface area contributed by atoms with Crippen molar-refractivity contribution in [2.24, 2.45) is 0 Å². The molecular weight excluding hydrogens is 312 g/mol. The Labute approximate surface area is 147 Å². The van der Waals surface area contributed by atoms with Gasteiger partial charge in [0.15, 0.2) is 0 Å². The average molecular weight is 332 g/mol. The summed E-state index contributed by atoms with van der Waals surface area (Å²) in [6.07, 6.45) is 5.00. The van der Waals surface area contributed by atoms with Gasteiger partial charge in [0.05, 0.1) is 23.5 Å². The topological polar surface area (TPSA) is 66.9 Å². The van der Waals surface area contributed by atoms with Crippen molar-refractivity contribution >= 4 is 17.3 Å². The Morgan fingerprint density at radius 2 is 1.80 bits per heavy atom. The summed E-state index contributed by atoms with van der Waals surface area (Å²) >= 11 is 0. The van der Waals surface area contributed by atoms with Crippen molar-refractivity contribution in [2.75, 3.05) is 10.6 Å². The molecule has 0 aliphatic rings. The van der Waals surface area contributed by atoms with Gasteiger partial charge in [0.2, 0.25) is 0 Å². The van der Waals surface area contributed by atoms with Crippen LogP contribution in [0.2, 0.25) is 0 Å². The van der Waals surface area contributed by atoms with E-state index in [1.54, 1.807) is 24.7 Å². The summed E-state index contributed by atoms with van der Waals surface area (Å²) in [4.78, 5) is 20.9. The summed E-state index contributed by atoms with van der Waals surface area (Å²) in [5.74, 6) is -0.181. The highest BCUT2D eigenvalue weighted by Crippen LogP contribution is 2.16. The van der Waals surface area contributed by atoms with Crippen LogP contribution < -0.4 is 10.6 Å². The zero-order valence-electron chi connectivity index (χ0n) is 14.3. The lowest BCUT2D eigenvalue weighted by molar-refractivity contribution is 0.102. The van der Waals surface area contributed by atoms with Gasteiger partial charge in [0, 0.05) is 24.3 Å². The fraction of sp³-hybridized carbons (Fsp3) is 0.150. The average Bonchev–Trinajstić information content (AvgIpc) is 2.60. The predicted octanol–water partition coefficient (Wildman–Crippen LogP) is 3.96. The van der Waals surface area contributed by atoms with Crippen molar-refractivity contribution in [3.8, 4) is 0 Å². The maximum absolute atomic E-state index is 12.5. The van der Waals surface area contributed by atoms with Gasteiger partial charge in [-0.25, -0.2) is 0 Å². The SMILES string of the molecule is Cc1cc(C)cc(NC(=O)c2cncc(NCc3ccccn3)c2)c1. The Bertz CT molecular complexity index is 858. The molecule has 0 saturated carbocycles. The van der Waals surface area contributed by atoms with Crippen LogP contribution in [0.1, 0.15) is 27.2 Å². The summed E-state index contributed by atoms with van der Waals surface area (Å²) in [5, 5.41) is 6.16. The van der Waals surface area contributed by atoms with Crippen LogP contribution in [0, 0.1) is 13.8 Å². The third-order valence-corrected chi connectivity index (χ3v) is 3.68. The van der Waals surface area contributed by atoms with E-state index in [0.717, 1.165) is 28.2 Å².